The molecule has 0 bridgehead atoms. The summed E-state index contributed by atoms with van der Waals surface area (Å²) in [7, 11) is 0. The number of furan rings is 1. The van der Waals surface area contributed by atoms with Crippen LogP contribution < -0.4 is 5.32 Å². The van der Waals surface area contributed by atoms with Crippen LogP contribution in [-0.4, -0.2) is 26.3 Å². The largest absolute Gasteiger partial charge is 0.467 e. The van der Waals surface area contributed by atoms with Gasteiger partial charge in [0.05, 0.1) is 35.0 Å². The van der Waals surface area contributed by atoms with E-state index in [1.54, 1.807) is 6.26 Å². The van der Waals surface area contributed by atoms with Crippen molar-refractivity contribution < 1.29 is 9.21 Å². The Bertz CT molecular complexity index is 1140. The molecule has 148 valence electrons. The smallest absolute Gasteiger partial charge is 0.231 e. The predicted molar refractivity (Wildman–Crippen MR) is 114 cm³/mol. The van der Waals surface area contributed by atoms with E-state index in [2.05, 4.69) is 23.4 Å². The standard InChI is InChI=1S/C22H22N4O2S/c1-14-12-15(2)25-26-21(14)20(17-8-5-4-6-9-17)24-22(26)29-13-19(27)23-16(3)18-10-7-11-28-18/h4-12,16H,13H2,1-3H3,(H,23,27)/t16-/m1/s1. The van der Waals surface area contributed by atoms with Crippen LogP contribution in [0.15, 0.2) is 64.4 Å². The second-order valence-corrected chi connectivity index (χ2v) is 7.87. The number of nitrogens with zero attached hydrogens (tertiary/aromatic N) is 3. The summed E-state index contributed by atoms with van der Waals surface area (Å²) < 4.78 is 7.20. The summed E-state index contributed by atoms with van der Waals surface area (Å²) >= 11 is 1.38. The van der Waals surface area contributed by atoms with Crippen LogP contribution in [0.5, 0.6) is 0 Å². The van der Waals surface area contributed by atoms with Crippen molar-refractivity contribution >= 4 is 23.2 Å². The zero-order chi connectivity index (χ0) is 20.4. The molecule has 0 fully saturated rings. The van der Waals surface area contributed by atoms with Crippen LogP contribution in [0.25, 0.3) is 16.8 Å². The van der Waals surface area contributed by atoms with E-state index in [0.717, 1.165) is 33.8 Å². The highest BCUT2D eigenvalue weighted by Gasteiger charge is 2.18. The lowest BCUT2D eigenvalue weighted by Gasteiger charge is -2.10. The van der Waals surface area contributed by atoms with Gasteiger partial charge in [0.1, 0.15) is 5.76 Å². The number of hydrogen-bond donors (Lipinski definition) is 1. The zero-order valence-corrected chi connectivity index (χ0v) is 17.4. The molecule has 0 spiro atoms. The quantitative estimate of drug-likeness (QED) is 0.475. The molecule has 7 heteroatoms. The van der Waals surface area contributed by atoms with Gasteiger partial charge in [-0.25, -0.2) is 9.50 Å². The SMILES string of the molecule is Cc1cc(C)c2c(-c3ccccc3)nc(SCC(=O)N[C@H](C)c3ccco3)n2n1. The molecule has 0 aliphatic rings. The molecule has 0 unspecified atom stereocenters. The normalized spacial score (nSPS) is 12.2. The highest BCUT2D eigenvalue weighted by molar-refractivity contribution is 7.99. The van der Waals surface area contributed by atoms with Crippen LogP contribution in [0.4, 0.5) is 0 Å². The van der Waals surface area contributed by atoms with Crippen molar-refractivity contribution in [1.82, 2.24) is 19.9 Å². The van der Waals surface area contributed by atoms with Crippen molar-refractivity contribution in [3.05, 3.63) is 71.8 Å². The summed E-state index contributed by atoms with van der Waals surface area (Å²) in [6, 6.07) is 15.6. The van der Waals surface area contributed by atoms with Gasteiger partial charge >= 0.3 is 0 Å². The fourth-order valence-corrected chi connectivity index (χ4v) is 4.07. The number of imidazole rings is 1. The summed E-state index contributed by atoms with van der Waals surface area (Å²) in [5, 5.41) is 8.30. The molecule has 0 saturated carbocycles. The van der Waals surface area contributed by atoms with Gasteiger partial charge in [0.2, 0.25) is 5.91 Å². The van der Waals surface area contributed by atoms with Gasteiger partial charge < -0.3 is 9.73 Å². The molecule has 1 atom stereocenters. The number of benzene rings is 1. The highest BCUT2D eigenvalue weighted by atomic mass is 32.2. The molecule has 1 aromatic carbocycles. The maximum absolute atomic E-state index is 12.4. The number of carbonyl (C=O) groups excluding carboxylic acids is 1. The second-order valence-electron chi connectivity index (χ2n) is 6.93. The van der Waals surface area contributed by atoms with Crippen molar-refractivity contribution in [3.63, 3.8) is 0 Å². The van der Waals surface area contributed by atoms with E-state index in [9.17, 15) is 4.79 Å². The van der Waals surface area contributed by atoms with E-state index < -0.39 is 0 Å². The Morgan fingerprint density at radius 2 is 2.00 bits per heavy atom. The van der Waals surface area contributed by atoms with Gasteiger partial charge in [-0.15, -0.1) is 0 Å². The van der Waals surface area contributed by atoms with E-state index in [4.69, 9.17) is 9.40 Å². The predicted octanol–water partition coefficient (Wildman–Crippen LogP) is 4.58. The summed E-state index contributed by atoms with van der Waals surface area (Å²) in [6.45, 7) is 5.92. The number of amides is 1. The van der Waals surface area contributed by atoms with Gasteiger partial charge in [0.15, 0.2) is 5.16 Å². The Balaban J connectivity index is 1.60. The molecule has 0 radical (unpaired) electrons. The molecule has 3 aromatic heterocycles. The molecule has 0 aliphatic carbocycles. The fraction of sp³-hybridized carbons (Fsp3) is 0.227. The third-order valence-corrected chi connectivity index (χ3v) is 5.54. The van der Waals surface area contributed by atoms with E-state index in [1.165, 1.54) is 11.8 Å². The lowest BCUT2D eigenvalue weighted by molar-refractivity contribution is -0.119. The number of thioether (sulfide) groups is 1. The Hall–Kier alpha value is -3.06. The van der Waals surface area contributed by atoms with Gasteiger partial charge in [0.25, 0.3) is 0 Å². The van der Waals surface area contributed by atoms with Gasteiger partial charge in [0, 0.05) is 5.56 Å². The summed E-state index contributed by atoms with van der Waals surface area (Å²) in [5.74, 6) is 0.891. The molecule has 6 nitrogen and oxygen atoms in total. The minimum Gasteiger partial charge on any atom is -0.467 e. The molecule has 4 rings (SSSR count). The number of hydrogen-bond acceptors (Lipinski definition) is 5. The van der Waals surface area contributed by atoms with E-state index in [0.29, 0.717) is 5.16 Å². The van der Waals surface area contributed by atoms with Gasteiger partial charge in [-0.3, -0.25) is 4.79 Å². The minimum atomic E-state index is -0.183. The maximum Gasteiger partial charge on any atom is 0.231 e. The van der Waals surface area contributed by atoms with Crippen LogP contribution in [0.3, 0.4) is 0 Å². The molecule has 3 heterocycles. The molecular formula is C22H22N4O2S. The summed E-state index contributed by atoms with van der Waals surface area (Å²) in [5.41, 5.74) is 4.88. The van der Waals surface area contributed by atoms with Crippen molar-refractivity contribution in [3.8, 4) is 11.3 Å². The van der Waals surface area contributed by atoms with Crippen LogP contribution in [0.1, 0.15) is 30.0 Å². The molecule has 29 heavy (non-hydrogen) atoms. The van der Waals surface area contributed by atoms with Crippen molar-refractivity contribution in [2.45, 2.75) is 32.0 Å². The third kappa shape index (κ3) is 4.05. The number of nitrogens with one attached hydrogen (secondary N) is 1. The Labute approximate surface area is 173 Å². The Kier molecular flexibility index (Phi) is 5.40. The van der Waals surface area contributed by atoms with Crippen LogP contribution >= 0.6 is 11.8 Å². The highest BCUT2D eigenvalue weighted by Crippen LogP contribution is 2.30. The zero-order valence-electron chi connectivity index (χ0n) is 16.5. The number of fused-ring (bicyclic) bond motifs is 1. The lowest BCUT2D eigenvalue weighted by atomic mass is 10.1. The molecule has 0 aliphatic heterocycles. The van der Waals surface area contributed by atoms with Crippen LogP contribution in [-0.2, 0) is 4.79 Å². The number of aromatic nitrogens is 3. The first-order chi connectivity index (χ1) is 14.0. The minimum absolute atomic E-state index is 0.0821. The third-order valence-electron chi connectivity index (χ3n) is 4.61. The van der Waals surface area contributed by atoms with E-state index >= 15 is 0 Å². The topological polar surface area (TPSA) is 72.4 Å². The molecule has 0 saturated heterocycles. The Morgan fingerprint density at radius 3 is 2.72 bits per heavy atom. The molecule has 1 N–H and O–H groups in total. The van der Waals surface area contributed by atoms with Gasteiger partial charge in [-0.2, -0.15) is 5.10 Å². The molecule has 1 amide bonds. The van der Waals surface area contributed by atoms with Crippen LogP contribution in [0.2, 0.25) is 0 Å². The first-order valence-electron chi connectivity index (χ1n) is 9.41. The van der Waals surface area contributed by atoms with E-state index in [-0.39, 0.29) is 17.7 Å². The number of carbonyl (C=O) groups is 1. The first kappa shape index (κ1) is 19.3. The van der Waals surface area contributed by atoms with Crippen molar-refractivity contribution in [2.24, 2.45) is 0 Å². The number of rotatable bonds is 6. The molecule has 4 aromatic rings. The van der Waals surface area contributed by atoms with Crippen LogP contribution in [0, 0.1) is 13.8 Å². The second kappa shape index (κ2) is 8.13. The van der Waals surface area contributed by atoms with Crippen molar-refractivity contribution in [1.29, 1.82) is 0 Å². The average molecular weight is 407 g/mol. The number of aryl methyl sites for hydroxylation is 2. The average Bonchev–Trinajstić information content (AvgIpc) is 3.35. The fourth-order valence-electron chi connectivity index (χ4n) is 3.32. The molecular weight excluding hydrogens is 384 g/mol. The summed E-state index contributed by atoms with van der Waals surface area (Å²) in [4.78, 5) is 17.3. The first-order valence-corrected chi connectivity index (χ1v) is 10.4. The van der Waals surface area contributed by atoms with E-state index in [1.807, 2.05) is 60.8 Å². The maximum atomic E-state index is 12.4. The van der Waals surface area contributed by atoms with Gasteiger partial charge in [-0.05, 0) is 44.5 Å². The van der Waals surface area contributed by atoms with Gasteiger partial charge in [-0.1, -0.05) is 42.1 Å². The summed E-state index contributed by atoms with van der Waals surface area (Å²) in [6.07, 6.45) is 1.60. The monoisotopic (exact) mass is 406 g/mol. The lowest BCUT2D eigenvalue weighted by Crippen LogP contribution is -2.28. The Morgan fingerprint density at radius 1 is 1.21 bits per heavy atom. The van der Waals surface area contributed by atoms with Crippen molar-refractivity contribution in [2.75, 3.05) is 5.75 Å².